The van der Waals surface area contributed by atoms with Gasteiger partial charge in [0.1, 0.15) is 5.75 Å². The van der Waals surface area contributed by atoms with Crippen molar-refractivity contribution in [1.29, 1.82) is 0 Å². The molecule has 0 unspecified atom stereocenters. The van der Waals surface area contributed by atoms with Gasteiger partial charge in [0, 0.05) is 34.1 Å². The summed E-state index contributed by atoms with van der Waals surface area (Å²) in [6, 6.07) is 12.4. The number of benzene rings is 2. The Balaban J connectivity index is 1.58. The number of carbonyl (C=O) groups excluding carboxylic acids is 1. The largest absolute Gasteiger partial charge is 0.495 e. The van der Waals surface area contributed by atoms with Gasteiger partial charge in [0.15, 0.2) is 5.43 Å². The van der Waals surface area contributed by atoms with Crippen molar-refractivity contribution in [3.8, 4) is 5.75 Å². The molecule has 3 rings (SSSR count). The fourth-order valence-electron chi connectivity index (χ4n) is 2.69. The summed E-state index contributed by atoms with van der Waals surface area (Å²) in [6.45, 7) is 1.96. The van der Waals surface area contributed by atoms with Crippen molar-refractivity contribution in [3.63, 3.8) is 0 Å². The quantitative estimate of drug-likeness (QED) is 0.642. The van der Waals surface area contributed by atoms with Gasteiger partial charge >= 0.3 is 0 Å². The first-order valence-electron chi connectivity index (χ1n) is 8.30. The zero-order valence-corrected chi connectivity index (χ0v) is 16.5. The number of aromatic nitrogens is 1. The number of ether oxygens (including phenoxy) is 1. The van der Waals surface area contributed by atoms with E-state index in [9.17, 15) is 9.59 Å². The summed E-state index contributed by atoms with van der Waals surface area (Å²) in [5.41, 5.74) is 3.24. The van der Waals surface area contributed by atoms with Gasteiger partial charge in [0.2, 0.25) is 5.91 Å². The highest BCUT2D eigenvalue weighted by Crippen LogP contribution is 2.27. The summed E-state index contributed by atoms with van der Waals surface area (Å²) in [5.74, 6) is 1.22. The molecular weight excluding hydrogens is 384 g/mol. The van der Waals surface area contributed by atoms with Crippen LogP contribution in [0.3, 0.4) is 0 Å². The second-order valence-electron chi connectivity index (χ2n) is 6.10. The van der Waals surface area contributed by atoms with Crippen LogP contribution in [0.2, 0.25) is 5.02 Å². The second kappa shape index (κ2) is 8.50. The molecule has 0 aliphatic carbocycles. The fourth-order valence-corrected chi connectivity index (χ4v) is 3.68. The van der Waals surface area contributed by atoms with Gasteiger partial charge in [-0.1, -0.05) is 23.2 Å². The van der Waals surface area contributed by atoms with Crippen molar-refractivity contribution < 1.29 is 9.53 Å². The average Bonchev–Trinajstić information content (AvgIpc) is 2.62. The Morgan fingerprint density at radius 1 is 1.22 bits per heavy atom. The number of halogens is 1. The second-order valence-corrected chi connectivity index (χ2v) is 7.49. The molecule has 3 aromatic rings. The Morgan fingerprint density at radius 3 is 2.78 bits per heavy atom. The molecule has 0 fully saturated rings. The number of H-pyrrole nitrogens is 1. The number of thioether (sulfide) groups is 1. The molecule has 2 N–H and O–H groups in total. The number of hydrogen-bond acceptors (Lipinski definition) is 4. The summed E-state index contributed by atoms with van der Waals surface area (Å²) >= 11 is 7.48. The van der Waals surface area contributed by atoms with Crippen LogP contribution in [0.5, 0.6) is 5.75 Å². The van der Waals surface area contributed by atoms with Gasteiger partial charge in [-0.05, 0) is 37.3 Å². The molecule has 0 saturated carbocycles. The van der Waals surface area contributed by atoms with E-state index in [0.29, 0.717) is 27.6 Å². The Bertz CT molecular complexity index is 1050. The Labute approximate surface area is 166 Å². The maximum atomic E-state index is 12.2. The molecular formula is C20H19ClN2O3S. The Morgan fingerprint density at radius 2 is 2.04 bits per heavy atom. The lowest BCUT2D eigenvalue weighted by atomic mass is 10.1. The average molecular weight is 403 g/mol. The van der Waals surface area contributed by atoms with Crippen molar-refractivity contribution in [2.45, 2.75) is 12.7 Å². The monoisotopic (exact) mass is 402 g/mol. The number of amides is 1. The van der Waals surface area contributed by atoms with Gasteiger partial charge in [-0.15, -0.1) is 11.8 Å². The van der Waals surface area contributed by atoms with Crippen LogP contribution in [0.25, 0.3) is 10.9 Å². The Kier molecular flexibility index (Phi) is 6.08. The molecule has 2 aromatic carbocycles. The molecule has 0 radical (unpaired) electrons. The van der Waals surface area contributed by atoms with Crippen LogP contribution < -0.4 is 15.5 Å². The lowest BCUT2D eigenvalue weighted by Gasteiger charge is -2.08. The highest BCUT2D eigenvalue weighted by Gasteiger charge is 2.07. The zero-order chi connectivity index (χ0) is 19.4. The third kappa shape index (κ3) is 4.84. The van der Waals surface area contributed by atoms with E-state index in [0.717, 1.165) is 16.8 Å². The van der Waals surface area contributed by atoms with Crippen molar-refractivity contribution in [1.82, 2.24) is 4.98 Å². The van der Waals surface area contributed by atoms with Crippen molar-refractivity contribution in [3.05, 3.63) is 69.0 Å². The molecule has 1 aromatic heterocycles. The lowest BCUT2D eigenvalue weighted by molar-refractivity contribution is -0.113. The van der Waals surface area contributed by atoms with E-state index in [2.05, 4.69) is 10.3 Å². The van der Waals surface area contributed by atoms with Gasteiger partial charge in [0.05, 0.1) is 17.9 Å². The normalized spacial score (nSPS) is 10.8. The minimum Gasteiger partial charge on any atom is -0.495 e. The standard InChI is InChI=1S/C20H19ClN2O3S/c1-12-3-5-17-15(7-12)18(24)9-14(22-17)10-27-11-20(25)23-13-4-6-19(26-2)16(21)8-13/h3-9H,10-11H2,1-2H3,(H,22,24)(H,23,25). The molecule has 0 spiro atoms. The van der Waals surface area contributed by atoms with Gasteiger partial charge in [-0.2, -0.15) is 0 Å². The predicted molar refractivity (Wildman–Crippen MR) is 112 cm³/mol. The van der Waals surface area contributed by atoms with Crippen LogP contribution >= 0.6 is 23.4 Å². The highest BCUT2D eigenvalue weighted by atomic mass is 35.5. The lowest BCUT2D eigenvalue weighted by Crippen LogP contribution is -2.14. The molecule has 0 saturated heterocycles. The van der Waals surface area contributed by atoms with Crippen LogP contribution in [0.1, 0.15) is 11.3 Å². The van der Waals surface area contributed by atoms with Crippen molar-refractivity contribution in [2.24, 2.45) is 0 Å². The van der Waals surface area contributed by atoms with E-state index in [-0.39, 0.29) is 17.1 Å². The van der Waals surface area contributed by atoms with Crippen LogP contribution in [0.15, 0.2) is 47.3 Å². The number of rotatable bonds is 6. The molecule has 1 heterocycles. The fraction of sp³-hybridized carbons (Fsp3) is 0.200. The third-order valence-electron chi connectivity index (χ3n) is 3.97. The molecule has 0 atom stereocenters. The van der Waals surface area contributed by atoms with E-state index >= 15 is 0 Å². The molecule has 27 heavy (non-hydrogen) atoms. The first-order valence-corrected chi connectivity index (χ1v) is 9.83. The number of methoxy groups -OCH3 is 1. The minimum atomic E-state index is -0.139. The van der Waals surface area contributed by atoms with Crippen molar-refractivity contribution >= 4 is 45.9 Å². The van der Waals surface area contributed by atoms with E-state index in [1.54, 1.807) is 24.3 Å². The van der Waals surface area contributed by atoms with E-state index in [1.165, 1.54) is 18.9 Å². The maximum Gasteiger partial charge on any atom is 0.234 e. The number of aryl methyl sites for hydroxylation is 1. The van der Waals surface area contributed by atoms with E-state index < -0.39 is 0 Å². The summed E-state index contributed by atoms with van der Waals surface area (Å²) in [6.07, 6.45) is 0. The minimum absolute atomic E-state index is 0.0135. The summed E-state index contributed by atoms with van der Waals surface area (Å²) in [5, 5.41) is 3.91. The molecule has 0 aliphatic heterocycles. The first kappa shape index (κ1) is 19.3. The zero-order valence-electron chi connectivity index (χ0n) is 15.0. The number of aromatic amines is 1. The van der Waals surface area contributed by atoms with Crippen LogP contribution in [0.4, 0.5) is 5.69 Å². The van der Waals surface area contributed by atoms with Crippen LogP contribution in [-0.2, 0) is 10.5 Å². The van der Waals surface area contributed by atoms with Gasteiger partial charge in [0.25, 0.3) is 0 Å². The number of pyridine rings is 1. The van der Waals surface area contributed by atoms with Gasteiger partial charge in [-0.3, -0.25) is 9.59 Å². The molecule has 0 aliphatic rings. The summed E-state index contributed by atoms with van der Waals surface area (Å²) in [4.78, 5) is 27.6. The Hall–Kier alpha value is -2.44. The SMILES string of the molecule is COc1ccc(NC(=O)CSCc2cc(=O)c3cc(C)ccc3[nH]2)cc1Cl. The smallest absolute Gasteiger partial charge is 0.234 e. The van der Waals surface area contributed by atoms with Gasteiger partial charge in [-0.25, -0.2) is 0 Å². The number of nitrogens with one attached hydrogen (secondary N) is 2. The molecule has 7 heteroatoms. The number of fused-ring (bicyclic) bond motifs is 1. The van der Waals surface area contributed by atoms with Crippen molar-refractivity contribution in [2.75, 3.05) is 18.2 Å². The molecule has 1 amide bonds. The highest BCUT2D eigenvalue weighted by molar-refractivity contribution is 7.99. The first-order chi connectivity index (χ1) is 13.0. The van der Waals surface area contributed by atoms with Crippen LogP contribution in [-0.4, -0.2) is 23.8 Å². The van der Waals surface area contributed by atoms with E-state index in [4.69, 9.17) is 16.3 Å². The maximum absolute atomic E-state index is 12.2. The van der Waals surface area contributed by atoms with Gasteiger partial charge < -0.3 is 15.0 Å². The number of carbonyl (C=O) groups is 1. The van der Waals surface area contributed by atoms with Crippen LogP contribution in [0, 0.1) is 6.92 Å². The molecule has 5 nitrogen and oxygen atoms in total. The topological polar surface area (TPSA) is 71.2 Å². The molecule has 0 bridgehead atoms. The number of anilines is 1. The number of hydrogen-bond donors (Lipinski definition) is 2. The summed E-state index contributed by atoms with van der Waals surface area (Å²) in [7, 11) is 1.54. The predicted octanol–water partition coefficient (Wildman–Crippen LogP) is 4.37. The molecule has 140 valence electrons. The third-order valence-corrected chi connectivity index (χ3v) is 5.24. The van der Waals surface area contributed by atoms with E-state index in [1.807, 2.05) is 25.1 Å². The summed E-state index contributed by atoms with van der Waals surface area (Å²) < 4.78 is 5.09.